The van der Waals surface area contributed by atoms with E-state index in [1.807, 2.05) is 0 Å². The minimum atomic E-state index is -4.49. The van der Waals surface area contributed by atoms with Crippen molar-refractivity contribution in [3.63, 3.8) is 0 Å². The van der Waals surface area contributed by atoms with Gasteiger partial charge >= 0.3 is 6.18 Å². The molecule has 0 aliphatic carbocycles. The van der Waals surface area contributed by atoms with Gasteiger partial charge in [0.25, 0.3) is 0 Å². The molecule has 1 aliphatic rings. The van der Waals surface area contributed by atoms with Crippen LogP contribution in [0.1, 0.15) is 36.5 Å². The van der Waals surface area contributed by atoms with Gasteiger partial charge in [0.05, 0.1) is 11.7 Å². The fraction of sp³-hybridized carbons (Fsp3) is 0.571. The number of nitrogens with one attached hydrogen (secondary N) is 1. The molecule has 6 heteroatoms. The van der Waals surface area contributed by atoms with Crippen LogP contribution in [0, 0.1) is 5.92 Å². The highest BCUT2D eigenvalue weighted by Crippen LogP contribution is 2.38. The number of nitrogen functional groups attached to an aromatic ring is 1. The number of aliphatic hydroxyl groups is 1. The second-order valence-corrected chi connectivity index (χ2v) is 5.25. The van der Waals surface area contributed by atoms with E-state index in [0.717, 1.165) is 32.0 Å². The van der Waals surface area contributed by atoms with Crippen molar-refractivity contribution < 1.29 is 18.3 Å². The van der Waals surface area contributed by atoms with E-state index in [1.54, 1.807) is 0 Å². The van der Waals surface area contributed by atoms with Gasteiger partial charge in [0.15, 0.2) is 0 Å². The Morgan fingerprint density at radius 1 is 1.30 bits per heavy atom. The molecular weight excluding hydrogens is 269 g/mol. The molecule has 0 amide bonds. The van der Waals surface area contributed by atoms with Crippen LogP contribution in [0.4, 0.5) is 18.9 Å². The highest BCUT2D eigenvalue weighted by molar-refractivity contribution is 5.56. The molecule has 0 saturated carbocycles. The standard InChI is InChI=1S/C14H19F3N2O/c15-14(16,17)11-3-1-2-10(13(11)18)12(20)8-9-4-6-19-7-5-9/h1-3,9,12,19-20H,4-8,18H2. The summed E-state index contributed by atoms with van der Waals surface area (Å²) in [6.07, 6.45) is -3.13. The summed E-state index contributed by atoms with van der Waals surface area (Å²) in [6, 6.07) is 3.70. The smallest absolute Gasteiger partial charge is 0.398 e. The normalized spacial score (nSPS) is 19.0. The number of aliphatic hydroxyl groups excluding tert-OH is 1. The van der Waals surface area contributed by atoms with Crippen LogP contribution in [0.5, 0.6) is 0 Å². The number of anilines is 1. The van der Waals surface area contributed by atoms with Gasteiger partial charge in [0.1, 0.15) is 0 Å². The topological polar surface area (TPSA) is 58.3 Å². The Hall–Kier alpha value is -1.27. The number of piperidine rings is 1. The minimum Gasteiger partial charge on any atom is -0.398 e. The molecule has 112 valence electrons. The molecule has 0 bridgehead atoms. The summed E-state index contributed by atoms with van der Waals surface area (Å²) in [5.41, 5.74) is 4.53. The number of hydrogen-bond donors (Lipinski definition) is 3. The first kappa shape index (κ1) is 15.1. The molecule has 0 radical (unpaired) electrons. The SMILES string of the molecule is Nc1c(C(O)CC2CCNCC2)cccc1C(F)(F)F. The van der Waals surface area contributed by atoms with E-state index < -0.39 is 17.8 Å². The van der Waals surface area contributed by atoms with E-state index >= 15 is 0 Å². The van der Waals surface area contributed by atoms with Crippen LogP contribution in [0.2, 0.25) is 0 Å². The summed E-state index contributed by atoms with van der Waals surface area (Å²) >= 11 is 0. The van der Waals surface area contributed by atoms with Crippen LogP contribution in [-0.4, -0.2) is 18.2 Å². The lowest BCUT2D eigenvalue weighted by molar-refractivity contribution is -0.137. The second kappa shape index (κ2) is 6.01. The largest absolute Gasteiger partial charge is 0.418 e. The molecule has 1 heterocycles. The number of halogens is 3. The van der Waals surface area contributed by atoms with Crippen molar-refractivity contribution in [3.05, 3.63) is 29.3 Å². The lowest BCUT2D eigenvalue weighted by Crippen LogP contribution is -2.28. The van der Waals surface area contributed by atoms with Crippen LogP contribution < -0.4 is 11.1 Å². The van der Waals surface area contributed by atoms with Crippen LogP contribution in [0.3, 0.4) is 0 Å². The molecule has 0 aromatic heterocycles. The second-order valence-electron chi connectivity index (χ2n) is 5.25. The van der Waals surface area contributed by atoms with Gasteiger partial charge in [0.2, 0.25) is 0 Å². The van der Waals surface area contributed by atoms with E-state index in [4.69, 9.17) is 5.73 Å². The first-order chi connectivity index (χ1) is 9.39. The maximum Gasteiger partial charge on any atom is 0.418 e. The Morgan fingerprint density at radius 2 is 1.95 bits per heavy atom. The molecule has 4 N–H and O–H groups in total. The van der Waals surface area contributed by atoms with E-state index in [-0.39, 0.29) is 11.3 Å². The van der Waals surface area contributed by atoms with Crippen molar-refractivity contribution in [2.75, 3.05) is 18.8 Å². The predicted octanol–water partition coefficient (Wildman–Crippen LogP) is 2.71. The van der Waals surface area contributed by atoms with Gasteiger partial charge in [-0.2, -0.15) is 13.2 Å². The first-order valence-electron chi connectivity index (χ1n) is 6.74. The number of rotatable bonds is 3. The third-order valence-corrected chi connectivity index (χ3v) is 3.82. The molecule has 2 rings (SSSR count). The van der Waals surface area contributed by atoms with Crippen molar-refractivity contribution in [2.24, 2.45) is 5.92 Å². The molecule has 1 atom stereocenters. The van der Waals surface area contributed by atoms with Gasteiger partial charge in [-0.15, -0.1) is 0 Å². The molecule has 1 aromatic rings. The quantitative estimate of drug-likeness (QED) is 0.750. The number of para-hydroxylation sites is 1. The Kier molecular flexibility index (Phi) is 4.55. The number of alkyl halides is 3. The average Bonchev–Trinajstić information content (AvgIpc) is 2.38. The monoisotopic (exact) mass is 288 g/mol. The molecule has 1 unspecified atom stereocenters. The molecule has 1 aromatic carbocycles. The average molecular weight is 288 g/mol. The fourth-order valence-corrected chi connectivity index (χ4v) is 2.68. The summed E-state index contributed by atoms with van der Waals surface area (Å²) in [5.74, 6) is 0.320. The highest BCUT2D eigenvalue weighted by atomic mass is 19.4. The van der Waals surface area contributed by atoms with Crippen molar-refractivity contribution in [2.45, 2.75) is 31.5 Å². The highest BCUT2D eigenvalue weighted by Gasteiger charge is 2.34. The van der Waals surface area contributed by atoms with E-state index in [2.05, 4.69) is 5.32 Å². The number of benzene rings is 1. The van der Waals surface area contributed by atoms with Gasteiger partial charge < -0.3 is 16.2 Å². The first-order valence-corrected chi connectivity index (χ1v) is 6.74. The maximum atomic E-state index is 12.8. The Labute approximate surface area is 116 Å². The maximum absolute atomic E-state index is 12.8. The molecule has 1 aliphatic heterocycles. The summed E-state index contributed by atoms with van der Waals surface area (Å²) in [7, 11) is 0. The Bertz CT molecular complexity index is 456. The lowest BCUT2D eigenvalue weighted by Gasteiger charge is -2.26. The van der Waals surface area contributed by atoms with Crippen LogP contribution >= 0.6 is 0 Å². The zero-order chi connectivity index (χ0) is 14.8. The van der Waals surface area contributed by atoms with Crippen LogP contribution in [0.15, 0.2) is 18.2 Å². The number of nitrogens with two attached hydrogens (primary N) is 1. The lowest BCUT2D eigenvalue weighted by atomic mass is 9.88. The zero-order valence-electron chi connectivity index (χ0n) is 11.1. The Morgan fingerprint density at radius 3 is 2.55 bits per heavy atom. The molecule has 0 spiro atoms. The van der Waals surface area contributed by atoms with Crippen LogP contribution in [0.25, 0.3) is 0 Å². The molecule has 1 saturated heterocycles. The van der Waals surface area contributed by atoms with Gasteiger partial charge in [-0.3, -0.25) is 0 Å². The summed E-state index contributed by atoms with van der Waals surface area (Å²) in [5, 5.41) is 13.4. The summed E-state index contributed by atoms with van der Waals surface area (Å²) < 4.78 is 38.3. The third kappa shape index (κ3) is 3.43. The van der Waals surface area contributed by atoms with Crippen molar-refractivity contribution in [1.29, 1.82) is 0 Å². The van der Waals surface area contributed by atoms with Gasteiger partial charge in [0, 0.05) is 11.3 Å². The summed E-state index contributed by atoms with van der Waals surface area (Å²) in [6.45, 7) is 1.77. The minimum absolute atomic E-state index is 0.179. The fourth-order valence-electron chi connectivity index (χ4n) is 2.68. The molecule has 1 fully saturated rings. The van der Waals surface area contributed by atoms with Crippen molar-refractivity contribution in [1.82, 2.24) is 5.32 Å². The van der Waals surface area contributed by atoms with Crippen LogP contribution in [-0.2, 0) is 6.18 Å². The van der Waals surface area contributed by atoms with Gasteiger partial charge in [-0.05, 0) is 44.3 Å². The van der Waals surface area contributed by atoms with E-state index in [9.17, 15) is 18.3 Å². The molecular formula is C14H19F3N2O. The Balaban J connectivity index is 2.15. The van der Waals surface area contributed by atoms with Crippen molar-refractivity contribution >= 4 is 5.69 Å². The number of hydrogen-bond acceptors (Lipinski definition) is 3. The predicted molar refractivity (Wildman–Crippen MR) is 71.0 cm³/mol. The van der Waals surface area contributed by atoms with Gasteiger partial charge in [-0.25, -0.2) is 0 Å². The van der Waals surface area contributed by atoms with Gasteiger partial charge in [-0.1, -0.05) is 12.1 Å². The van der Waals surface area contributed by atoms with E-state index in [0.29, 0.717) is 12.3 Å². The zero-order valence-corrected chi connectivity index (χ0v) is 11.1. The summed E-state index contributed by atoms with van der Waals surface area (Å²) in [4.78, 5) is 0. The molecule has 3 nitrogen and oxygen atoms in total. The van der Waals surface area contributed by atoms with E-state index in [1.165, 1.54) is 12.1 Å². The third-order valence-electron chi connectivity index (χ3n) is 3.82. The van der Waals surface area contributed by atoms with Crippen molar-refractivity contribution in [3.8, 4) is 0 Å². The molecule has 20 heavy (non-hydrogen) atoms.